The van der Waals surface area contributed by atoms with Crippen LogP contribution in [0.1, 0.15) is 6.42 Å². The van der Waals surface area contributed by atoms with Gasteiger partial charge in [0.1, 0.15) is 0 Å². The van der Waals surface area contributed by atoms with Gasteiger partial charge in [0.25, 0.3) is 0 Å². The second-order valence-electron chi connectivity index (χ2n) is 3.18. The summed E-state index contributed by atoms with van der Waals surface area (Å²) in [4.78, 5) is 0. The molecule has 6 N–H and O–H groups in total. The summed E-state index contributed by atoms with van der Waals surface area (Å²) >= 11 is 0. The fourth-order valence-electron chi connectivity index (χ4n) is 1.07. The molecule has 0 atom stereocenters. The Kier molecular flexibility index (Phi) is 12.7. The van der Waals surface area contributed by atoms with Gasteiger partial charge >= 0.3 is 0 Å². The summed E-state index contributed by atoms with van der Waals surface area (Å²) in [5.41, 5.74) is 10.6. The molecule has 0 heterocycles. The molecule has 88 valence electrons. The highest BCUT2D eigenvalue weighted by Crippen LogP contribution is 1.75. The summed E-state index contributed by atoms with van der Waals surface area (Å²) < 4.78 is 0. The van der Waals surface area contributed by atoms with Crippen molar-refractivity contribution in [1.82, 2.24) is 10.6 Å². The average molecular weight is 212 g/mol. The first-order chi connectivity index (χ1) is 7.41. The van der Waals surface area contributed by atoms with E-state index in [1.165, 1.54) is 0 Å². The number of hydrogen-bond acceptors (Lipinski definition) is 4. The van der Waals surface area contributed by atoms with Crippen molar-refractivity contribution >= 4 is 0 Å². The normalized spacial score (nSPS) is 11.9. The third kappa shape index (κ3) is 13.3. The SMILES string of the molecule is NC/C=C/CNCCCNC/C=C/CN. The number of rotatable bonds is 10. The van der Waals surface area contributed by atoms with Gasteiger partial charge in [-0.2, -0.15) is 0 Å². The lowest BCUT2D eigenvalue weighted by Crippen LogP contribution is -2.22. The molecule has 0 aliphatic heterocycles. The molecule has 0 bridgehead atoms. The Morgan fingerprint density at radius 2 is 1.20 bits per heavy atom. The van der Waals surface area contributed by atoms with Crippen LogP contribution in [0.15, 0.2) is 24.3 Å². The molecule has 0 amide bonds. The lowest BCUT2D eigenvalue weighted by Gasteiger charge is -2.02. The van der Waals surface area contributed by atoms with Gasteiger partial charge in [-0.15, -0.1) is 0 Å². The van der Waals surface area contributed by atoms with E-state index in [2.05, 4.69) is 22.8 Å². The maximum atomic E-state index is 5.31. The molecular weight excluding hydrogens is 188 g/mol. The Bertz CT molecular complexity index is 148. The lowest BCUT2D eigenvalue weighted by atomic mass is 10.4. The molecular formula is C11H24N4. The van der Waals surface area contributed by atoms with Crippen LogP contribution in [0.3, 0.4) is 0 Å². The van der Waals surface area contributed by atoms with Crippen LogP contribution < -0.4 is 22.1 Å². The van der Waals surface area contributed by atoms with Gasteiger partial charge < -0.3 is 22.1 Å². The first-order valence-electron chi connectivity index (χ1n) is 5.53. The van der Waals surface area contributed by atoms with Crippen LogP contribution in [0.2, 0.25) is 0 Å². The van der Waals surface area contributed by atoms with Crippen molar-refractivity contribution < 1.29 is 0 Å². The quantitative estimate of drug-likeness (QED) is 0.293. The zero-order valence-electron chi connectivity index (χ0n) is 9.41. The van der Waals surface area contributed by atoms with Crippen LogP contribution in [0, 0.1) is 0 Å². The Morgan fingerprint density at radius 3 is 1.60 bits per heavy atom. The molecule has 0 aliphatic carbocycles. The molecule has 4 heteroatoms. The summed E-state index contributed by atoms with van der Waals surface area (Å²) in [5.74, 6) is 0. The van der Waals surface area contributed by atoms with E-state index in [1.807, 2.05) is 12.2 Å². The molecule has 15 heavy (non-hydrogen) atoms. The monoisotopic (exact) mass is 212 g/mol. The van der Waals surface area contributed by atoms with Gasteiger partial charge in [0.2, 0.25) is 0 Å². The molecule has 0 fully saturated rings. The Labute approximate surface area is 92.8 Å². The number of nitrogens with two attached hydrogens (primary N) is 2. The molecule has 0 aliphatic rings. The minimum absolute atomic E-state index is 0.622. The highest BCUT2D eigenvalue weighted by Gasteiger charge is 1.85. The summed E-state index contributed by atoms with van der Waals surface area (Å²) in [6.07, 6.45) is 9.16. The van der Waals surface area contributed by atoms with E-state index in [0.29, 0.717) is 13.1 Å². The van der Waals surface area contributed by atoms with Gasteiger partial charge in [-0.25, -0.2) is 0 Å². The maximum absolute atomic E-state index is 5.31. The first kappa shape index (κ1) is 14.3. The smallest absolute Gasteiger partial charge is 0.0135 e. The van der Waals surface area contributed by atoms with E-state index in [4.69, 9.17) is 11.5 Å². The van der Waals surface area contributed by atoms with Gasteiger partial charge in [0.05, 0.1) is 0 Å². The zero-order chi connectivity index (χ0) is 11.2. The largest absolute Gasteiger partial charge is 0.327 e. The van der Waals surface area contributed by atoms with Gasteiger partial charge in [-0.05, 0) is 19.5 Å². The molecule has 0 radical (unpaired) electrons. The predicted molar refractivity (Wildman–Crippen MR) is 66.7 cm³/mol. The van der Waals surface area contributed by atoms with Crippen molar-refractivity contribution in [3.8, 4) is 0 Å². The number of hydrogen-bond donors (Lipinski definition) is 4. The van der Waals surface area contributed by atoms with E-state index < -0.39 is 0 Å². The molecule has 0 unspecified atom stereocenters. The number of nitrogens with one attached hydrogen (secondary N) is 2. The molecule has 0 spiro atoms. The van der Waals surface area contributed by atoms with Crippen LogP contribution in [0.5, 0.6) is 0 Å². The molecule has 0 aromatic carbocycles. The molecule has 4 nitrogen and oxygen atoms in total. The third-order valence-corrected chi connectivity index (χ3v) is 1.84. The average Bonchev–Trinajstić information content (AvgIpc) is 2.26. The second kappa shape index (κ2) is 13.3. The highest BCUT2D eigenvalue weighted by molar-refractivity contribution is 4.85. The predicted octanol–water partition coefficient (Wildman–Crippen LogP) is -0.414. The van der Waals surface area contributed by atoms with Crippen molar-refractivity contribution in [2.75, 3.05) is 39.3 Å². The maximum Gasteiger partial charge on any atom is 0.0135 e. The van der Waals surface area contributed by atoms with E-state index in [0.717, 1.165) is 32.6 Å². The lowest BCUT2D eigenvalue weighted by molar-refractivity contribution is 0.639. The Balaban J connectivity index is 2.98. The Hall–Kier alpha value is -0.680. The van der Waals surface area contributed by atoms with Crippen LogP contribution in [0.4, 0.5) is 0 Å². The molecule has 0 saturated heterocycles. The minimum Gasteiger partial charge on any atom is -0.327 e. The van der Waals surface area contributed by atoms with E-state index in [1.54, 1.807) is 0 Å². The summed E-state index contributed by atoms with van der Waals surface area (Å²) in [6, 6.07) is 0. The van der Waals surface area contributed by atoms with Gasteiger partial charge in [0.15, 0.2) is 0 Å². The van der Waals surface area contributed by atoms with E-state index >= 15 is 0 Å². The minimum atomic E-state index is 0.622. The van der Waals surface area contributed by atoms with Crippen molar-refractivity contribution in [2.24, 2.45) is 11.5 Å². The summed E-state index contributed by atoms with van der Waals surface area (Å²) in [7, 11) is 0. The topological polar surface area (TPSA) is 76.1 Å². The first-order valence-corrected chi connectivity index (χ1v) is 5.53. The van der Waals surface area contributed by atoms with Gasteiger partial charge in [0, 0.05) is 26.2 Å². The van der Waals surface area contributed by atoms with Crippen molar-refractivity contribution in [2.45, 2.75) is 6.42 Å². The van der Waals surface area contributed by atoms with Crippen LogP contribution in [-0.4, -0.2) is 39.3 Å². The van der Waals surface area contributed by atoms with Crippen molar-refractivity contribution in [3.63, 3.8) is 0 Å². The fourth-order valence-corrected chi connectivity index (χ4v) is 1.07. The third-order valence-electron chi connectivity index (χ3n) is 1.84. The molecule has 0 aromatic heterocycles. The standard InChI is InChI=1S/C11H24N4/c12-6-1-3-8-14-10-5-11-15-9-4-2-7-13/h1-4,14-15H,5-13H2/b3-1+,4-2+. The van der Waals surface area contributed by atoms with E-state index in [-0.39, 0.29) is 0 Å². The van der Waals surface area contributed by atoms with Gasteiger partial charge in [-0.1, -0.05) is 24.3 Å². The van der Waals surface area contributed by atoms with Crippen LogP contribution in [0.25, 0.3) is 0 Å². The van der Waals surface area contributed by atoms with Crippen LogP contribution in [-0.2, 0) is 0 Å². The second-order valence-corrected chi connectivity index (χ2v) is 3.18. The fraction of sp³-hybridized carbons (Fsp3) is 0.636. The summed E-state index contributed by atoms with van der Waals surface area (Å²) in [5, 5.41) is 6.60. The highest BCUT2D eigenvalue weighted by atomic mass is 14.9. The Morgan fingerprint density at radius 1 is 0.733 bits per heavy atom. The van der Waals surface area contributed by atoms with Crippen LogP contribution >= 0.6 is 0 Å². The van der Waals surface area contributed by atoms with E-state index in [9.17, 15) is 0 Å². The molecule has 0 aromatic rings. The van der Waals surface area contributed by atoms with Crippen molar-refractivity contribution in [3.05, 3.63) is 24.3 Å². The summed E-state index contributed by atoms with van der Waals surface area (Å²) in [6.45, 7) is 5.12. The van der Waals surface area contributed by atoms with Crippen molar-refractivity contribution in [1.29, 1.82) is 0 Å². The molecule has 0 saturated carbocycles. The van der Waals surface area contributed by atoms with Gasteiger partial charge in [-0.3, -0.25) is 0 Å². The zero-order valence-corrected chi connectivity index (χ0v) is 9.41. The molecule has 0 rings (SSSR count).